The van der Waals surface area contributed by atoms with Crippen molar-refractivity contribution in [3.05, 3.63) is 47.2 Å². The van der Waals surface area contributed by atoms with Crippen LogP contribution in [0.5, 0.6) is 0 Å². The maximum Gasteiger partial charge on any atom is 0.249 e. The molecule has 0 radical (unpaired) electrons. The van der Waals surface area contributed by atoms with Gasteiger partial charge in [-0.25, -0.2) is 0 Å². The van der Waals surface area contributed by atoms with E-state index in [2.05, 4.69) is 11.4 Å². The third kappa shape index (κ3) is 1.09. The van der Waals surface area contributed by atoms with Crippen molar-refractivity contribution in [2.75, 3.05) is 6.54 Å². The Morgan fingerprint density at radius 2 is 2.27 bits per heavy atom. The molecular formula is C12H12N2O. The van der Waals surface area contributed by atoms with Crippen molar-refractivity contribution < 1.29 is 4.79 Å². The van der Waals surface area contributed by atoms with Crippen molar-refractivity contribution in [1.29, 1.82) is 0 Å². The van der Waals surface area contributed by atoms with E-state index in [1.165, 1.54) is 5.70 Å². The van der Waals surface area contributed by atoms with Crippen LogP contribution in [0, 0.1) is 11.8 Å². The Bertz CT molecular complexity index is 454. The summed E-state index contributed by atoms with van der Waals surface area (Å²) < 4.78 is 0. The number of carbonyl (C=O) groups is 1. The highest BCUT2D eigenvalue weighted by Gasteiger charge is 2.37. The standard InChI is InChI=1S/C12H12N2O/c13-12(15)9-4-5-10-11-7(6-14-10)2-1-3-8(9)11/h1-5,7,11,14H,6H2,(H2,13,15). The summed E-state index contributed by atoms with van der Waals surface area (Å²) in [5, 5.41) is 3.36. The maximum absolute atomic E-state index is 11.3. The van der Waals surface area contributed by atoms with Gasteiger partial charge >= 0.3 is 0 Å². The summed E-state index contributed by atoms with van der Waals surface area (Å²) in [4.78, 5) is 11.3. The smallest absolute Gasteiger partial charge is 0.249 e. The molecule has 1 aliphatic heterocycles. The zero-order chi connectivity index (χ0) is 10.4. The van der Waals surface area contributed by atoms with E-state index in [9.17, 15) is 4.79 Å². The molecule has 3 heteroatoms. The predicted octanol–water partition coefficient (Wildman–Crippen LogP) is 0.627. The van der Waals surface area contributed by atoms with Crippen molar-refractivity contribution in [1.82, 2.24) is 5.32 Å². The Kier molecular flexibility index (Phi) is 1.63. The normalized spacial score (nSPS) is 31.1. The molecule has 0 saturated carbocycles. The molecule has 0 aromatic heterocycles. The summed E-state index contributed by atoms with van der Waals surface area (Å²) in [6.07, 6.45) is 9.99. The van der Waals surface area contributed by atoms with Gasteiger partial charge in [0.1, 0.15) is 0 Å². The minimum atomic E-state index is -0.336. The summed E-state index contributed by atoms with van der Waals surface area (Å²) in [7, 11) is 0. The molecule has 0 aromatic carbocycles. The van der Waals surface area contributed by atoms with Gasteiger partial charge in [-0.2, -0.15) is 0 Å². The van der Waals surface area contributed by atoms with E-state index in [-0.39, 0.29) is 5.91 Å². The van der Waals surface area contributed by atoms with Gasteiger partial charge in [0.15, 0.2) is 0 Å². The molecule has 0 aromatic rings. The fourth-order valence-electron chi connectivity index (χ4n) is 2.59. The molecule has 1 amide bonds. The molecule has 15 heavy (non-hydrogen) atoms. The van der Waals surface area contributed by atoms with Gasteiger partial charge in [0, 0.05) is 29.7 Å². The highest BCUT2D eigenvalue weighted by atomic mass is 16.1. The molecule has 3 N–H and O–H groups in total. The van der Waals surface area contributed by atoms with Crippen LogP contribution in [-0.2, 0) is 4.79 Å². The number of rotatable bonds is 1. The maximum atomic E-state index is 11.3. The first kappa shape index (κ1) is 8.53. The average Bonchev–Trinajstić information content (AvgIpc) is 2.64. The van der Waals surface area contributed by atoms with Crippen molar-refractivity contribution in [2.24, 2.45) is 17.6 Å². The number of hydrogen-bond donors (Lipinski definition) is 2. The first-order valence-electron chi connectivity index (χ1n) is 5.11. The summed E-state index contributed by atoms with van der Waals surface area (Å²) in [6, 6.07) is 0. The Labute approximate surface area is 88.0 Å². The van der Waals surface area contributed by atoms with E-state index in [1.54, 1.807) is 0 Å². The van der Waals surface area contributed by atoms with Crippen LogP contribution in [0.15, 0.2) is 47.2 Å². The van der Waals surface area contributed by atoms with Crippen LogP contribution in [0.1, 0.15) is 0 Å². The molecule has 1 fully saturated rings. The van der Waals surface area contributed by atoms with Crippen LogP contribution in [0.2, 0.25) is 0 Å². The van der Waals surface area contributed by atoms with E-state index < -0.39 is 0 Å². The molecule has 0 bridgehead atoms. The van der Waals surface area contributed by atoms with E-state index in [0.29, 0.717) is 17.4 Å². The second-order valence-corrected chi connectivity index (χ2v) is 4.10. The minimum Gasteiger partial charge on any atom is -0.387 e. The fourth-order valence-corrected chi connectivity index (χ4v) is 2.59. The van der Waals surface area contributed by atoms with Crippen molar-refractivity contribution >= 4 is 5.91 Å². The molecule has 1 heterocycles. The Morgan fingerprint density at radius 1 is 1.40 bits per heavy atom. The second-order valence-electron chi connectivity index (χ2n) is 4.10. The quantitative estimate of drug-likeness (QED) is 0.652. The summed E-state index contributed by atoms with van der Waals surface area (Å²) >= 11 is 0. The highest BCUT2D eigenvalue weighted by molar-refractivity contribution is 5.98. The van der Waals surface area contributed by atoms with Gasteiger partial charge in [-0.15, -0.1) is 0 Å². The number of carbonyl (C=O) groups excluding carboxylic acids is 1. The third-order valence-electron chi connectivity index (χ3n) is 3.28. The SMILES string of the molecule is NC(=O)C1=CC=C2NCC3C=CC=C1C23. The van der Waals surface area contributed by atoms with Crippen LogP contribution >= 0.6 is 0 Å². The minimum absolute atomic E-state index is 0.322. The summed E-state index contributed by atoms with van der Waals surface area (Å²) in [6.45, 7) is 0.949. The third-order valence-corrected chi connectivity index (χ3v) is 3.28. The molecule has 2 unspecified atom stereocenters. The molecule has 1 saturated heterocycles. The Hall–Kier alpha value is -1.77. The van der Waals surface area contributed by atoms with E-state index in [0.717, 1.165) is 12.1 Å². The molecule has 3 aliphatic rings. The van der Waals surface area contributed by atoms with E-state index in [1.807, 2.05) is 24.3 Å². The topological polar surface area (TPSA) is 55.1 Å². The number of amides is 1. The van der Waals surface area contributed by atoms with Crippen LogP contribution < -0.4 is 11.1 Å². The largest absolute Gasteiger partial charge is 0.387 e. The number of nitrogens with one attached hydrogen (secondary N) is 1. The van der Waals surface area contributed by atoms with Crippen LogP contribution in [0.25, 0.3) is 0 Å². The summed E-state index contributed by atoms with van der Waals surface area (Å²) in [5.74, 6) is 0.458. The lowest BCUT2D eigenvalue weighted by molar-refractivity contribution is -0.114. The molecule has 2 aliphatic carbocycles. The Balaban J connectivity index is 2.13. The average molecular weight is 200 g/mol. The number of primary amides is 1. The van der Waals surface area contributed by atoms with E-state index in [4.69, 9.17) is 5.73 Å². The van der Waals surface area contributed by atoms with Gasteiger partial charge < -0.3 is 11.1 Å². The van der Waals surface area contributed by atoms with Gasteiger partial charge in [-0.3, -0.25) is 4.79 Å². The lowest BCUT2D eigenvalue weighted by Gasteiger charge is -2.26. The number of hydrogen-bond acceptors (Lipinski definition) is 2. The van der Waals surface area contributed by atoms with Gasteiger partial charge in [0.25, 0.3) is 0 Å². The van der Waals surface area contributed by atoms with Gasteiger partial charge in [0.2, 0.25) is 5.91 Å². The second kappa shape index (κ2) is 2.86. The molecule has 2 atom stereocenters. The van der Waals surface area contributed by atoms with E-state index >= 15 is 0 Å². The fraction of sp³-hybridized carbons (Fsp3) is 0.250. The monoisotopic (exact) mass is 200 g/mol. The lowest BCUT2D eigenvalue weighted by atomic mass is 9.77. The first-order chi connectivity index (χ1) is 7.27. The molecule has 3 nitrogen and oxygen atoms in total. The first-order valence-corrected chi connectivity index (χ1v) is 5.11. The Morgan fingerprint density at radius 3 is 3.07 bits per heavy atom. The van der Waals surface area contributed by atoms with Gasteiger partial charge in [-0.05, 0) is 17.7 Å². The van der Waals surface area contributed by atoms with Crippen LogP contribution in [0.4, 0.5) is 0 Å². The molecular weight excluding hydrogens is 188 g/mol. The number of allylic oxidation sites excluding steroid dienone is 5. The lowest BCUT2D eigenvalue weighted by Crippen LogP contribution is -2.25. The van der Waals surface area contributed by atoms with Crippen molar-refractivity contribution in [3.8, 4) is 0 Å². The number of nitrogens with two attached hydrogens (primary N) is 1. The molecule has 0 spiro atoms. The van der Waals surface area contributed by atoms with Crippen molar-refractivity contribution in [3.63, 3.8) is 0 Å². The zero-order valence-electron chi connectivity index (χ0n) is 8.23. The van der Waals surface area contributed by atoms with Crippen LogP contribution in [-0.4, -0.2) is 12.5 Å². The van der Waals surface area contributed by atoms with Gasteiger partial charge in [-0.1, -0.05) is 18.2 Å². The van der Waals surface area contributed by atoms with Crippen molar-refractivity contribution in [2.45, 2.75) is 0 Å². The molecule has 76 valence electrons. The van der Waals surface area contributed by atoms with Crippen LogP contribution in [0.3, 0.4) is 0 Å². The molecule has 3 rings (SSSR count). The predicted molar refractivity (Wildman–Crippen MR) is 57.6 cm³/mol. The van der Waals surface area contributed by atoms with Gasteiger partial charge in [0.05, 0.1) is 0 Å². The zero-order valence-corrected chi connectivity index (χ0v) is 8.23. The summed E-state index contributed by atoms with van der Waals surface area (Å²) in [5.41, 5.74) is 8.29. The highest BCUT2D eigenvalue weighted by Crippen LogP contribution is 2.41.